The molecule has 2 rings (SSSR count). The van der Waals surface area contributed by atoms with E-state index >= 15 is 0 Å². The Morgan fingerprint density at radius 2 is 2.04 bits per heavy atom. The van der Waals surface area contributed by atoms with Gasteiger partial charge in [-0.15, -0.1) is 0 Å². The number of hydrogen-bond donors (Lipinski definition) is 3. The molecule has 4 N–H and O–H groups in total. The van der Waals surface area contributed by atoms with Crippen LogP contribution < -0.4 is 16.4 Å². The first-order valence-corrected chi connectivity index (χ1v) is 8.24. The Labute approximate surface area is 137 Å². The second-order valence-electron chi connectivity index (χ2n) is 6.87. The van der Waals surface area contributed by atoms with Crippen LogP contribution >= 0.6 is 0 Å². The van der Waals surface area contributed by atoms with Gasteiger partial charge in [-0.1, -0.05) is 19.3 Å². The van der Waals surface area contributed by atoms with Gasteiger partial charge in [0.1, 0.15) is 6.54 Å². The summed E-state index contributed by atoms with van der Waals surface area (Å²) in [5.74, 6) is -0.298. The van der Waals surface area contributed by atoms with Gasteiger partial charge in [-0.05, 0) is 26.7 Å². The molecular weight excluding hydrogens is 294 g/mol. The van der Waals surface area contributed by atoms with Crippen LogP contribution in [0.3, 0.4) is 0 Å². The van der Waals surface area contributed by atoms with E-state index in [1.54, 1.807) is 6.20 Å². The SMILES string of the molecule is CC(C)(CN)NC(=O)c1cnn(CC(=O)NC2CCCCC2)c1. The maximum atomic E-state index is 12.1. The molecule has 0 aliphatic heterocycles. The van der Waals surface area contributed by atoms with Crippen LogP contribution in [-0.4, -0.2) is 39.7 Å². The number of carbonyl (C=O) groups is 2. The third-order valence-electron chi connectivity index (χ3n) is 4.13. The molecule has 1 aliphatic rings. The molecule has 0 saturated heterocycles. The molecule has 7 nitrogen and oxygen atoms in total. The Morgan fingerprint density at radius 3 is 2.70 bits per heavy atom. The molecule has 0 unspecified atom stereocenters. The van der Waals surface area contributed by atoms with Crippen LogP contribution in [0.5, 0.6) is 0 Å². The van der Waals surface area contributed by atoms with Crippen molar-refractivity contribution >= 4 is 11.8 Å². The number of nitrogens with two attached hydrogens (primary N) is 1. The summed E-state index contributed by atoms with van der Waals surface area (Å²) in [6.07, 6.45) is 8.75. The molecule has 2 amide bonds. The van der Waals surface area contributed by atoms with E-state index in [0.717, 1.165) is 12.8 Å². The fourth-order valence-corrected chi connectivity index (χ4v) is 2.67. The lowest BCUT2D eigenvalue weighted by molar-refractivity contribution is -0.122. The highest BCUT2D eigenvalue weighted by atomic mass is 16.2. The van der Waals surface area contributed by atoms with Crippen molar-refractivity contribution < 1.29 is 9.59 Å². The number of hydrogen-bond acceptors (Lipinski definition) is 4. The number of nitrogens with zero attached hydrogens (tertiary/aromatic N) is 2. The first kappa shape index (κ1) is 17.5. The van der Waals surface area contributed by atoms with E-state index in [1.807, 2.05) is 13.8 Å². The summed E-state index contributed by atoms with van der Waals surface area (Å²) in [5.41, 5.74) is 5.56. The summed E-state index contributed by atoms with van der Waals surface area (Å²) < 4.78 is 1.49. The van der Waals surface area contributed by atoms with Crippen molar-refractivity contribution in [2.24, 2.45) is 5.73 Å². The van der Waals surface area contributed by atoms with E-state index in [-0.39, 0.29) is 24.4 Å². The number of amides is 2. The lowest BCUT2D eigenvalue weighted by atomic mass is 9.95. The van der Waals surface area contributed by atoms with Crippen LogP contribution in [0.2, 0.25) is 0 Å². The monoisotopic (exact) mass is 321 g/mol. The van der Waals surface area contributed by atoms with Crippen LogP contribution in [0.15, 0.2) is 12.4 Å². The summed E-state index contributed by atoms with van der Waals surface area (Å²) in [5, 5.41) is 9.96. The van der Waals surface area contributed by atoms with Crippen molar-refractivity contribution in [1.82, 2.24) is 20.4 Å². The zero-order chi connectivity index (χ0) is 16.9. The van der Waals surface area contributed by atoms with Gasteiger partial charge in [-0.3, -0.25) is 14.3 Å². The molecule has 0 aromatic carbocycles. The van der Waals surface area contributed by atoms with Gasteiger partial charge in [0.15, 0.2) is 0 Å². The molecule has 0 atom stereocenters. The van der Waals surface area contributed by atoms with Crippen LogP contribution in [0.1, 0.15) is 56.3 Å². The van der Waals surface area contributed by atoms with E-state index in [1.165, 1.54) is 30.1 Å². The first-order valence-electron chi connectivity index (χ1n) is 8.24. The molecule has 128 valence electrons. The minimum absolute atomic E-state index is 0.0609. The first-order chi connectivity index (χ1) is 10.9. The third-order valence-corrected chi connectivity index (χ3v) is 4.13. The van der Waals surface area contributed by atoms with Crippen molar-refractivity contribution in [2.75, 3.05) is 6.54 Å². The highest BCUT2D eigenvalue weighted by molar-refractivity contribution is 5.94. The minimum Gasteiger partial charge on any atom is -0.352 e. The van der Waals surface area contributed by atoms with Crippen LogP contribution in [-0.2, 0) is 11.3 Å². The van der Waals surface area contributed by atoms with Crippen molar-refractivity contribution in [1.29, 1.82) is 0 Å². The maximum absolute atomic E-state index is 12.1. The highest BCUT2D eigenvalue weighted by Crippen LogP contribution is 2.17. The molecule has 1 aliphatic carbocycles. The second kappa shape index (κ2) is 7.59. The average Bonchev–Trinajstić information content (AvgIpc) is 2.96. The van der Waals surface area contributed by atoms with E-state index in [2.05, 4.69) is 15.7 Å². The second-order valence-corrected chi connectivity index (χ2v) is 6.87. The Morgan fingerprint density at radius 1 is 1.35 bits per heavy atom. The lowest BCUT2D eigenvalue weighted by Gasteiger charge is -2.23. The Bertz CT molecular complexity index is 546. The molecule has 7 heteroatoms. The van der Waals surface area contributed by atoms with Crippen LogP contribution in [0.4, 0.5) is 0 Å². The molecule has 0 spiro atoms. The largest absolute Gasteiger partial charge is 0.352 e. The summed E-state index contributed by atoms with van der Waals surface area (Å²) in [6, 6.07) is 0.278. The van der Waals surface area contributed by atoms with Gasteiger partial charge in [0, 0.05) is 24.3 Å². The molecule has 1 heterocycles. The fourth-order valence-electron chi connectivity index (χ4n) is 2.67. The number of carbonyl (C=O) groups excluding carboxylic acids is 2. The van der Waals surface area contributed by atoms with Crippen LogP contribution in [0, 0.1) is 0 Å². The summed E-state index contributed by atoms with van der Waals surface area (Å²) in [6.45, 7) is 4.18. The molecular formula is C16H27N5O2. The quantitative estimate of drug-likeness (QED) is 0.721. The van der Waals surface area contributed by atoms with Crippen molar-refractivity contribution in [2.45, 2.75) is 64.1 Å². The normalized spacial score (nSPS) is 16.1. The molecule has 1 fully saturated rings. The number of aromatic nitrogens is 2. The van der Waals surface area contributed by atoms with E-state index in [4.69, 9.17) is 5.73 Å². The van der Waals surface area contributed by atoms with Crippen molar-refractivity contribution in [3.05, 3.63) is 18.0 Å². The standard InChI is InChI=1S/C16H27N5O2/c1-16(2,11-17)20-15(23)12-8-18-21(9-12)10-14(22)19-13-6-4-3-5-7-13/h8-9,13H,3-7,10-11,17H2,1-2H3,(H,19,22)(H,20,23). The van der Waals surface area contributed by atoms with Gasteiger partial charge >= 0.3 is 0 Å². The van der Waals surface area contributed by atoms with Gasteiger partial charge in [0.05, 0.1) is 11.8 Å². The third kappa shape index (κ3) is 5.35. The van der Waals surface area contributed by atoms with Gasteiger partial charge in [-0.2, -0.15) is 5.10 Å². The average molecular weight is 321 g/mol. The minimum atomic E-state index is -0.475. The molecule has 0 radical (unpaired) electrons. The Balaban J connectivity index is 1.86. The zero-order valence-corrected chi connectivity index (χ0v) is 14.0. The smallest absolute Gasteiger partial charge is 0.254 e. The topological polar surface area (TPSA) is 102 Å². The summed E-state index contributed by atoms with van der Waals surface area (Å²) >= 11 is 0. The predicted molar refractivity (Wildman–Crippen MR) is 87.8 cm³/mol. The molecule has 1 saturated carbocycles. The van der Waals surface area contributed by atoms with E-state index in [9.17, 15) is 9.59 Å². The van der Waals surface area contributed by atoms with Gasteiger partial charge in [-0.25, -0.2) is 0 Å². The predicted octanol–water partition coefficient (Wildman–Crippen LogP) is 0.799. The summed E-state index contributed by atoms with van der Waals surface area (Å²) in [7, 11) is 0. The van der Waals surface area contributed by atoms with Gasteiger partial charge in [0.2, 0.25) is 5.91 Å². The zero-order valence-electron chi connectivity index (χ0n) is 14.0. The van der Waals surface area contributed by atoms with Gasteiger partial charge < -0.3 is 16.4 Å². The summed E-state index contributed by atoms with van der Waals surface area (Å²) in [4.78, 5) is 24.2. The Kier molecular flexibility index (Phi) is 5.76. The fraction of sp³-hybridized carbons (Fsp3) is 0.688. The molecule has 1 aromatic heterocycles. The maximum Gasteiger partial charge on any atom is 0.254 e. The number of rotatable bonds is 6. The molecule has 23 heavy (non-hydrogen) atoms. The van der Waals surface area contributed by atoms with Crippen molar-refractivity contribution in [3.8, 4) is 0 Å². The van der Waals surface area contributed by atoms with Gasteiger partial charge in [0.25, 0.3) is 5.91 Å². The van der Waals surface area contributed by atoms with E-state index < -0.39 is 5.54 Å². The molecule has 1 aromatic rings. The van der Waals surface area contributed by atoms with Crippen LogP contribution in [0.25, 0.3) is 0 Å². The lowest BCUT2D eigenvalue weighted by Crippen LogP contribution is -2.48. The van der Waals surface area contributed by atoms with E-state index in [0.29, 0.717) is 12.1 Å². The Hall–Kier alpha value is -1.89. The number of nitrogens with one attached hydrogen (secondary N) is 2. The highest BCUT2D eigenvalue weighted by Gasteiger charge is 2.21. The molecule has 0 bridgehead atoms. The van der Waals surface area contributed by atoms with Crippen molar-refractivity contribution in [3.63, 3.8) is 0 Å².